The highest BCUT2D eigenvalue weighted by molar-refractivity contribution is 5.92. The Balaban J connectivity index is 1.51. The van der Waals surface area contributed by atoms with Crippen LogP contribution in [0.1, 0.15) is 36.3 Å². The number of benzene rings is 1. The molecule has 37 heavy (non-hydrogen) atoms. The van der Waals surface area contributed by atoms with Gasteiger partial charge in [-0.2, -0.15) is 5.10 Å². The van der Waals surface area contributed by atoms with Crippen molar-refractivity contribution in [1.29, 1.82) is 0 Å². The van der Waals surface area contributed by atoms with E-state index in [1.54, 1.807) is 20.5 Å². The molecule has 4 aromatic rings. The largest absolute Gasteiger partial charge is 0.496 e. The van der Waals surface area contributed by atoms with Gasteiger partial charge in [-0.1, -0.05) is 0 Å². The molecule has 3 aromatic heterocycles. The number of rotatable bonds is 10. The summed E-state index contributed by atoms with van der Waals surface area (Å²) in [7, 11) is 3.30. The molecule has 1 aliphatic heterocycles. The van der Waals surface area contributed by atoms with Gasteiger partial charge in [-0.15, -0.1) is 0 Å². The number of anilines is 1. The Kier molecular flexibility index (Phi) is 7.30. The van der Waals surface area contributed by atoms with Gasteiger partial charge in [0.2, 0.25) is 5.91 Å². The zero-order chi connectivity index (χ0) is 25.8. The zero-order valence-electron chi connectivity index (χ0n) is 21.6. The van der Waals surface area contributed by atoms with Crippen LogP contribution < -0.4 is 14.4 Å². The van der Waals surface area contributed by atoms with Gasteiger partial charge in [0, 0.05) is 49.7 Å². The van der Waals surface area contributed by atoms with Crippen molar-refractivity contribution in [3.63, 3.8) is 0 Å². The zero-order valence-corrected chi connectivity index (χ0v) is 21.6. The van der Waals surface area contributed by atoms with Gasteiger partial charge in [-0.05, 0) is 56.2 Å². The predicted octanol–water partition coefficient (Wildman–Crippen LogP) is 4.57. The predicted molar refractivity (Wildman–Crippen MR) is 141 cm³/mol. The summed E-state index contributed by atoms with van der Waals surface area (Å²) in [6.07, 6.45) is 6.10. The highest BCUT2D eigenvalue weighted by atomic mass is 16.5. The standard InChI is InChI=1S/C28H33N5O4/c1-20-10-14-33(30-20)15-11-26(34)32(19-22-7-6-16-37-22)18-21-17-23-24(35-2)8-9-25(36-3)27(23)29-28(21)31-12-4-5-13-31/h6-10,14,16-17H,4-5,11-13,15,18-19H2,1-3H3. The van der Waals surface area contributed by atoms with Gasteiger partial charge < -0.3 is 23.7 Å². The smallest absolute Gasteiger partial charge is 0.225 e. The van der Waals surface area contributed by atoms with Crippen molar-refractivity contribution in [2.75, 3.05) is 32.2 Å². The highest BCUT2D eigenvalue weighted by Crippen LogP contribution is 2.36. The van der Waals surface area contributed by atoms with Gasteiger partial charge in [0.05, 0.1) is 32.7 Å². The van der Waals surface area contributed by atoms with E-state index in [1.807, 2.05) is 53.0 Å². The van der Waals surface area contributed by atoms with Crippen molar-refractivity contribution in [3.8, 4) is 11.5 Å². The molecule has 5 rings (SSSR count). The van der Waals surface area contributed by atoms with Gasteiger partial charge in [0.25, 0.3) is 0 Å². The maximum atomic E-state index is 13.5. The van der Waals surface area contributed by atoms with E-state index in [-0.39, 0.29) is 5.91 Å². The Bertz CT molecular complexity index is 1360. The molecule has 0 N–H and O–H groups in total. The number of amides is 1. The van der Waals surface area contributed by atoms with Crippen molar-refractivity contribution in [3.05, 3.63) is 65.9 Å². The fraction of sp³-hybridized carbons (Fsp3) is 0.393. The van der Waals surface area contributed by atoms with E-state index >= 15 is 0 Å². The van der Waals surface area contributed by atoms with Crippen LogP contribution in [0.25, 0.3) is 10.9 Å². The van der Waals surface area contributed by atoms with Crippen LogP contribution in [0.4, 0.5) is 5.82 Å². The summed E-state index contributed by atoms with van der Waals surface area (Å²) in [6.45, 7) is 5.09. The minimum absolute atomic E-state index is 0.0228. The van der Waals surface area contributed by atoms with Crippen LogP contribution in [0.5, 0.6) is 11.5 Å². The van der Waals surface area contributed by atoms with Crippen molar-refractivity contribution < 1.29 is 18.7 Å². The molecule has 9 heteroatoms. The van der Waals surface area contributed by atoms with Gasteiger partial charge in [-0.3, -0.25) is 9.48 Å². The molecule has 1 aromatic carbocycles. The molecule has 4 heterocycles. The van der Waals surface area contributed by atoms with E-state index in [0.29, 0.717) is 31.8 Å². The maximum absolute atomic E-state index is 13.5. The van der Waals surface area contributed by atoms with Crippen LogP contribution in [0.2, 0.25) is 0 Å². The number of carbonyl (C=O) groups is 1. The van der Waals surface area contributed by atoms with Crippen LogP contribution in [0.3, 0.4) is 0 Å². The van der Waals surface area contributed by atoms with Crippen molar-refractivity contribution >= 4 is 22.6 Å². The molecule has 0 radical (unpaired) electrons. The fourth-order valence-corrected chi connectivity index (χ4v) is 4.89. The lowest BCUT2D eigenvalue weighted by atomic mass is 10.1. The fourth-order valence-electron chi connectivity index (χ4n) is 4.89. The molecule has 0 unspecified atom stereocenters. The van der Waals surface area contributed by atoms with E-state index in [1.165, 1.54) is 0 Å². The SMILES string of the molecule is COc1ccc(OC)c2nc(N3CCCC3)c(CN(Cc3ccco3)C(=O)CCn3ccc(C)n3)cc12. The molecule has 0 spiro atoms. The molecular formula is C28H33N5O4. The van der Waals surface area contributed by atoms with Crippen molar-refractivity contribution in [1.82, 2.24) is 19.7 Å². The normalized spacial score (nSPS) is 13.3. The van der Waals surface area contributed by atoms with Gasteiger partial charge >= 0.3 is 0 Å². The number of carbonyl (C=O) groups excluding carboxylic acids is 1. The summed E-state index contributed by atoms with van der Waals surface area (Å²) >= 11 is 0. The van der Waals surface area contributed by atoms with E-state index in [4.69, 9.17) is 18.9 Å². The number of pyridine rings is 1. The molecule has 1 amide bonds. The molecule has 0 saturated carbocycles. The Hall–Kier alpha value is -4.01. The summed E-state index contributed by atoms with van der Waals surface area (Å²) in [5, 5.41) is 5.28. The second-order valence-electron chi connectivity index (χ2n) is 9.33. The minimum Gasteiger partial charge on any atom is -0.496 e. The Labute approximate surface area is 216 Å². The topological polar surface area (TPSA) is 85.9 Å². The first kappa shape index (κ1) is 24.7. The third kappa shape index (κ3) is 5.40. The molecule has 1 aliphatic rings. The molecule has 0 aliphatic carbocycles. The number of methoxy groups -OCH3 is 2. The molecule has 9 nitrogen and oxygen atoms in total. The number of fused-ring (bicyclic) bond motifs is 1. The molecular weight excluding hydrogens is 470 g/mol. The number of nitrogens with zero attached hydrogens (tertiary/aromatic N) is 5. The van der Waals surface area contributed by atoms with Crippen LogP contribution in [-0.2, 0) is 24.4 Å². The van der Waals surface area contributed by atoms with E-state index < -0.39 is 0 Å². The first-order valence-electron chi connectivity index (χ1n) is 12.7. The number of aromatic nitrogens is 3. The number of aryl methyl sites for hydroxylation is 2. The van der Waals surface area contributed by atoms with E-state index in [2.05, 4.69) is 16.1 Å². The van der Waals surface area contributed by atoms with Crippen LogP contribution in [0.15, 0.2) is 53.3 Å². The summed E-state index contributed by atoms with van der Waals surface area (Å²) in [5.74, 6) is 3.06. The Morgan fingerprint density at radius 2 is 1.86 bits per heavy atom. The van der Waals surface area contributed by atoms with Crippen LogP contribution >= 0.6 is 0 Å². The monoisotopic (exact) mass is 503 g/mol. The number of hydrogen-bond acceptors (Lipinski definition) is 7. The second-order valence-corrected chi connectivity index (χ2v) is 9.33. The van der Waals surface area contributed by atoms with Crippen LogP contribution in [-0.4, -0.2) is 52.9 Å². The molecule has 0 bridgehead atoms. The lowest BCUT2D eigenvalue weighted by Gasteiger charge is -2.27. The van der Waals surface area contributed by atoms with Gasteiger partial charge in [0.15, 0.2) is 0 Å². The highest BCUT2D eigenvalue weighted by Gasteiger charge is 2.24. The number of furan rings is 1. The Morgan fingerprint density at radius 1 is 1.08 bits per heavy atom. The first-order chi connectivity index (χ1) is 18.1. The van der Waals surface area contributed by atoms with Crippen molar-refractivity contribution in [2.24, 2.45) is 0 Å². The lowest BCUT2D eigenvalue weighted by Crippen LogP contribution is -2.32. The summed E-state index contributed by atoms with van der Waals surface area (Å²) in [5.41, 5.74) is 2.66. The molecule has 0 atom stereocenters. The average Bonchev–Trinajstić information content (AvgIpc) is 3.69. The van der Waals surface area contributed by atoms with Crippen LogP contribution in [0, 0.1) is 6.92 Å². The van der Waals surface area contributed by atoms with Gasteiger partial charge in [-0.25, -0.2) is 4.98 Å². The third-order valence-corrected chi connectivity index (χ3v) is 6.78. The number of ether oxygens (including phenoxy) is 2. The summed E-state index contributed by atoms with van der Waals surface area (Å²) < 4.78 is 18.7. The van der Waals surface area contributed by atoms with Crippen molar-refractivity contribution in [2.45, 2.75) is 45.8 Å². The van der Waals surface area contributed by atoms with Gasteiger partial charge in [0.1, 0.15) is 28.6 Å². The maximum Gasteiger partial charge on any atom is 0.225 e. The Morgan fingerprint density at radius 3 is 2.54 bits per heavy atom. The van der Waals surface area contributed by atoms with E-state index in [0.717, 1.165) is 65.4 Å². The number of hydrogen-bond donors (Lipinski definition) is 0. The average molecular weight is 504 g/mol. The molecule has 1 fully saturated rings. The lowest BCUT2D eigenvalue weighted by molar-refractivity contribution is -0.133. The summed E-state index contributed by atoms with van der Waals surface area (Å²) in [6, 6.07) is 11.5. The quantitative estimate of drug-likeness (QED) is 0.313. The minimum atomic E-state index is 0.0228. The second kappa shape index (κ2) is 10.9. The molecule has 194 valence electrons. The van der Waals surface area contributed by atoms with E-state index in [9.17, 15) is 4.79 Å². The molecule has 1 saturated heterocycles. The summed E-state index contributed by atoms with van der Waals surface area (Å²) in [4.78, 5) is 22.8. The third-order valence-electron chi connectivity index (χ3n) is 6.78. The first-order valence-corrected chi connectivity index (χ1v) is 12.7.